The number of rotatable bonds is 4. The van der Waals surface area contributed by atoms with Crippen LogP contribution in [0.15, 0.2) is 23.7 Å². The number of hydrogen-bond donors (Lipinski definition) is 1. The molecule has 0 amide bonds. The predicted molar refractivity (Wildman–Crippen MR) is 56.8 cm³/mol. The number of aliphatic hydroxyl groups is 1. The normalized spacial score (nSPS) is 10.6. The lowest BCUT2D eigenvalue weighted by atomic mass is 10.3. The predicted octanol–water partition coefficient (Wildman–Crippen LogP) is 2.06. The fraction of sp³-hybridized carbons (Fsp3) is 0.300. The lowest BCUT2D eigenvalue weighted by molar-refractivity contribution is 0.234. The average Bonchev–Trinajstić information content (AvgIpc) is 2.67. The fourth-order valence-electron chi connectivity index (χ4n) is 1.22. The molecule has 3 nitrogen and oxygen atoms in total. The highest BCUT2D eigenvalue weighted by Crippen LogP contribution is 2.26. The third kappa shape index (κ3) is 1.86. The Morgan fingerprint density at radius 3 is 3.21 bits per heavy atom. The number of para-hydroxylation sites is 1. The Morgan fingerprint density at radius 1 is 1.43 bits per heavy atom. The van der Waals surface area contributed by atoms with Crippen LogP contribution in [-0.2, 0) is 0 Å². The third-order valence-electron chi connectivity index (χ3n) is 1.88. The van der Waals surface area contributed by atoms with Crippen LogP contribution in [0.5, 0.6) is 5.75 Å². The van der Waals surface area contributed by atoms with Crippen LogP contribution in [0.25, 0.3) is 10.2 Å². The van der Waals surface area contributed by atoms with E-state index >= 15 is 0 Å². The van der Waals surface area contributed by atoms with Crippen molar-refractivity contribution < 1.29 is 9.84 Å². The smallest absolute Gasteiger partial charge is 0.146 e. The molecule has 0 saturated heterocycles. The van der Waals surface area contributed by atoms with Gasteiger partial charge in [0.2, 0.25) is 0 Å². The zero-order valence-electron chi connectivity index (χ0n) is 7.64. The molecule has 1 aromatic carbocycles. The summed E-state index contributed by atoms with van der Waals surface area (Å²) < 4.78 is 6.63. The van der Waals surface area contributed by atoms with Gasteiger partial charge < -0.3 is 9.84 Å². The molecule has 0 aliphatic carbocycles. The van der Waals surface area contributed by atoms with E-state index in [1.54, 1.807) is 11.3 Å². The van der Waals surface area contributed by atoms with Crippen molar-refractivity contribution in [1.82, 2.24) is 4.98 Å². The quantitative estimate of drug-likeness (QED) is 0.784. The van der Waals surface area contributed by atoms with Gasteiger partial charge >= 0.3 is 0 Å². The maximum Gasteiger partial charge on any atom is 0.146 e. The molecule has 0 spiro atoms. The van der Waals surface area contributed by atoms with Crippen molar-refractivity contribution in [3.8, 4) is 5.75 Å². The van der Waals surface area contributed by atoms with E-state index in [1.807, 2.05) is 23.7 Å². The summed E-state index contributed by atoms with van der Waals surface area (Å²) in [5, 5.41) is 8.62. The van der Waals surface area contributed by atoms with Gasteiger partial charge in [-0.3, -0.25) is 0 Å². The zero-order chi connectivity index (χ0) is 9.80. The highest BCUT2D eigenvalue weighted by Gasteiger charge is 2.03. The van der Waals surface area contributed by atoms with Gasteiger partial charge in [0.25, 0.3) is 0 Å². The van der Waals surface area contributed by atoms with Crippen LogP contribution in [0, 0.1) is 0 Å². The Kier molecular flexibility index (Phi) is 2.96. The molecule has 0 bridgehead atoms. The van der Waals surface area contributed by atoms with Crippen LogP contribution in [0.4, 0.5) is 0 Å². The van der Waals surface area contributed by atoms with Crippen molar-refractivity contribution in [2.24, 2.45) is 0 Å². The monoisotopic (exact) mass is 209 g/mol. The molecule has 1 heterocycles. The van der Waals surface area contributed by atoms with E-state index in [-0.39, 0.29) is 6.61 Å². The maximum absolute atomic E-state index is 8.62. The molecule has 0 unspecified atom stereocenters. The van der Waals surface area contributed by atoms with Gasteiger partial charge in [0.15, 0.2) is 0 Å². The molecule has 0 atom stereocenters. The molecule has 74 valence electrons. The van der Waals surface area contributed by atoms with Crippen LogP contribution < -0.4 is 4.74 Å². The number of aliphatic hydroxyl groups excluding tert-OH is 1. The van der Waals surface area contributed by atoms with Gasteiger partial charge in [-0.2, -0.15) is 0 Å². The van der Waals surface area contributed by atoms with Crippen LogP contribution in [0.2, 0.25) is 0 Å². The molecule has 0 fully saturated rings. The number of nitrogens with zero attached hydrogens (tertiary/aromatic N) is 1. The van der Waals surface area contributed by atoms with Crippen molar-refractivity contribution in [2.45, 2.75) is 6.42 Å². The highest BCUT2D eigenvalue weighted by atomic mass is 32.1. The summed E-state index contributed by atoms with van der Waals surface area (Å²) in [7, 11) is 0. The van der Waals surface area contributed by atoms with E-state index in [1.165, 1.54) is 0 Å². The van der Waals surface area contributed by atoms with Gasteiger partial charge in [-0.15, -0.1) is 11.3 Å². The summed E-state index contributed by atoms with van der Waals surface area (Å²) in [5.74, 6) is 0.803. The van der Waals surface area contributed by atoms with Crippen molar-refractivity contribution in [1.29, 1.82) is 0 Å². The number of hydrogen-bond acceptors (Lipinski definition) is 4. The number of ether oxygens (including phenoxy) is 1. The molecule has 0 aliphatic heterocycles. The van der Waals surface area contributed by atoms with Crippen molar-refractivity contribution in [2.75, 3.05) is 13.2 Å². The van der Waals surface area contributed by atoms with Gasteiger partial charge in [-0.25, -0.2) is 4.98 Å². The first-order valence-corrected chi connectivity index (χ1v) is 5.35. The summed E-state index contributed by atoms with van der Waals surface area (Å²) in [4.78, 5) is 4.23. The molecule has 1 N–H and O–H groups in total. The van der Waals surface area contributed by atoms with Gasteiger partial charge in [0, 0.05) is 13.0 Å². The fourth-order valence-corrected chi connectivity index (χ4v) is 1.92. The molecule has 14 heavy (non-hydrogen) atoms. The second-order valence-electron chi connectivity index (χ2n) is 2.88. The van der Waals surface area contributed by atoms with E-state index in [9.17, 15) is 0 Å². The third-order valence-corrected chi connectivity index (χ3v) is 2.68. The van der Waals surface area contributed by atoms with Crippen molar-refractivity contribution >= 4 is 21.6 Å². The summed E-state index contributed by atoms with van der Waals surface area (Å²) in [6.45, 7) is 0.695. The average molecular weight is 209 g/mol. The Bertz CT molecular complexity index is 413. The summed E-state index contributed by atoms with van der Waals surface area (Å²) in [6.07, 6.45) is 0.653. The number of benzene rings is 1. The summed E-state index contributed by atoms with van der Waals surface area (Å²) >= 11 is 1.60. The van der Waals surface area contributed by atoms with Gasteiger partial charge in [-0.05, 0) is 12.1 Å². The first-order chi connectivity index (χ1) is 6.92. The lowest BCUT2D eigenvalue weighted by Crippen LogP contribution is -1.99. The van der Waals surface area contributed by atoms with Crippen LogP contribution in [0.1, 0.15) is 6.42 Å². The summed E-state index contributed by atoms with van der Waals surface area (Å²) in [6, 6.07) is 5.88. The van der Waals surface area contributed by atoms with E-state index < -0.39 is 0 Å². The zero-order valence-corrected chi connectivity index (χ0v) is 8.46. The molecule has 1 aromatic heterocycles. The maximum atomic E-state index is 8.62. The van der Waals surface area contributed by atoms with E-state index in [0.717, 1.165) is 16.0 Å². The van der Waals surface area contributed by atoms with E-state index in [0.29, 0.717) is 13.0 Å². The molecular formula is C10H11NO2S. The largest absolute Gasteiger partial charge is 0.491 e. The van der Waals surface area contributed by atoms with Crippen molar-refractivity contribution in [3.63, 3.8) is 0 Å². The summed E-state index contributed by atoms with van der Waals surface area (Å²) in [5.41, 5.74) is 2.72. The molecule has 2 aromatic rings. The minimum Gasteiger partial charge on any atom is -0.491 e. The highest BCUT2D eigenvalue weighted by molar-refractivity contribution is 7.16. The SMILES string of the molecule is OCCCOc1cccc2scnc12. The number of fused-ring (bicyclic) bond motifs is 1. The standard InChI is InChI=1S/C10H11NO2S/c12-5-2-6-13-8-3-1-4-9-10(8)11-7-14-9/h1,3-4,7,12H,2,5-6H2. The molecular weight excluding hydrogens is 198 g/mol. The Balaban J connectivity index is 2.19. The van der Waals surface area contributed by atoms with Crippen LogP contribution >= 0.6 is 11.3 Å². The first kappa shape index (κ1) is 9.43. The van der Waals surface area contributed by atoms with Gasteiger partial charge in [-0.1, -0.05) is 6.07 Å². The van der Waals surface area contributed by atoms with Crippen LogP contribution in [-0.4, -0.2) is 23.3 Å². The number of aromatic nitrogens is 1. The molecule has 0 saturated carbocycles. The van der Waals surface area contributed by atoms with Crippen LogP contribution in [0.3, 0.4) is 0 Å². The minimum absolute atomic E-state index is 0.160. The minimum atomic E-state index is 0.160. The molecule has 2 rings (SSSR count). The Labute approximate surface area is 86.0 Å². The lowest BCUT2D eigenvalue weighted by Gasteiger charge is -2.04. The van der Waals surface area contributed by atoms with Gasteiger partial charge in [0.05, 0.1) is 16.8 Å². The topological polar surface area (TPSA) is 42.4 Å². The molecule has 0 aliphatic rings. The van der Waals surface area contributed by atoms with Gasteiger partial charge in [0.1, 0.15) is 11.3 Å². The Hall–Kier alpha value is -1.13. The van der Waals surface area contributed by atoms with Crippen molar-refractivity contribution in [3.05, 3.63) is 23.7 Å². The van der Waals surface area contributed by atoms with E-state index in [2.05, 4.69) is 4.98 Å². The second kappa shape index (κ2) is 4.39. The second-order valence-corrected chi connectivity index (χ2v) is 3.77. The molecule has 4 heteroatoms. The molecule has 0 radical (unpaired) electrons. The first-order valence-electron chi connectivity index (χ1n) is 4.47. The van der Waals surface area contributed by atoms with E-state index in [4.69, 9.17) is 9.84 Å². The number of thiazole rings is 1. The Morgan fingerprint density at radius 2 is 2.36 bits per heavy atom.